The van der Waals surface area contributed by atoms with Crippen molar-refractivity contribution in [3.63, 3.8) is 0 Å². The average Bonchev–Trinajstić information content (AvgIpc) is 3.01. The summed E-state index contributed by atoms with van der Waals surface area (Å²) >= 11 is 0. The molecule has 0 aliphatic carbocycles. The Bertz CT molecular complexity index is 1040. The van der Waals surface area contributed by atoms with E-state index in [4.69, 9.17) is 23.7 Å². The Hall–Kier alpha value is -2.12. The Labute approximate surface area is 289 Å². The van der Waals surface area contributed by atoms with Crippen LogP contribution in [0.25, 0.3) is 6.08 Å². The maximum atomic E-state index is 13.2. The van der Waals surface area contributed by atoms with Crippen LogP contribution in [0.1, 0.15) is 18.9 Å². The number of ether oxygens (including phenoxy) is 5. The van der Waals surface area contributed by atoms with Gasteiger partial charge in [-0.15, -0.1) is 0 Å². The fourth-order valence-corrected chi connectivity index (χ4v) is 4.29. The van der Waals surface area contributed by atoms with E-state index < -0.39 is 17.6 Å². The minimum atomic E-state index is -0.444. The number of rotatable bonds is 22. The Morgan fingerprint density at radius 2 is 1.45 bits per heavy atom. The third kappa shape index (κ3) is 17.4. The summed E-state index contributed by atoms with van der Waals surface area (Å²) < 4.78 is 40.1. The van der Waals surface area contributed by atoms with Gasteiger partial charge in [-0.2, -0.15) is 11.7 Å². The van der Waals surface area contributed by atoms with Crippen molar-refractivity contribution in [2.24, 2.45) is 11.8 Å². The van der Waals surface area contributed by atoms with Crippen LogP contribution in [0.4, 0.5) is 4.39 Å². The number of benzene rings is 1. The SMILES string of the molecule is CC1CC(C(=O)NCCOCCOCCOCCOCCOCCN[C-]=O)CN(C(=O)/C(C#N)=C/c2ccc(F)cc2)C1.[Tb]. The number of carbonyl (C=O) groups excluding carboxylic acids is 3. The Kier molecular flexibility index (Phi) is 22.8. The third-order valence-corrected chi connectivity index (χ3v) is 6.33. The number of nitriles is 1. The van der Waals surface area contributed by atoms with Crippen LogP contribution in [0.5, 0.6) is 0 Å². The van der Waals surface area contributed by atoms with E-state index in [9.17, 15) is 24.0 Å². The molecular formula is C30H42FN4O8Tb-. The molecule has 247 valence electrons. The minimum absolute atomic E-state index is 0. The molecule has 0 aromatic heterocycles. The number of hydrogen-bond acceptors (Lipinski definition) is 9. The number of carbonyl (C=O) groups is 2. The van der Waals surface area contributed by atoms with Gasteiger partial charge in [0.25, 0.3) is 5.91 Å². The molecule has 2 atom stereocenters. The first-order chi connectivity index (χ1) is 20.9. The monoisotopic (exact) mass is 764 g/mol. The normalized spacial score (nSPS) is 16.5. The molecule has 1 saturated heterocycles. The van der Waals surface area contributed by atoms with Gasteiger partial charge < -0.3 is 44.0 Å². The van der Waals surface area contributed by atoms with Gasteiger partial charge in [-0.1, -0.05) is 19.1 Å². The fourth-order valence-electron chi connectivity index (χ4n) is 4.29. The number of halogens is 1. The van der Waals surface area contributed by atoms with E-state index in [1.807, 2.05) is 13.0 Å². The molecule has 44 heavy (non-hydrogen) atoms. The Morgan fingerprint density at radius 1 is 0.932 bits per heavy atom. The first-order valence-corrected chi connectivity index (χ1v) is 14.4. The molecule has 1 aliphatic heterocycles. The minimum Gasteiger partial charge on any atom is -0.528 e. The molecule has 1 radical (unpaired) electrons. The van der Waals surface area contributed by atoms with Gasteiger partial charge in [0.2, 0.25) is 5.91 Å². The van der Waals surface area contributed by atoms with Crippen molar-refractivity contribution in [3.8, 4) is 6.07 Å². The van der Waals surface area contributed by atoms with E-state index in [0.29, 0.717) is 97.7 Å². The van der Waals surface area contributed by atoms with Crippen LogP contribution in [0, 0.1) is 67.6 Å². The van der Waals surface area contributed by atoms with Gasteiger partial charge in [0.1, 0.15) is 17.5 Å². The second-order valence-electron chi connectivity index (χ2n) is 9.85. The van der Waals surface area contributed by atoms with Crippen LogP contribution in [-0.4, -0.2) is 115 Å². The second-order valence-corrected chi connectivity index (χ2v) is 9.85. The van der Waals surface area contributed by atoms with E-state index in [0.717, 1.165) is 0 Å². The largest absolute Gasteiger partial charge is 0.528 e. The van der Waals surface area contributed by atoms with E-state index in [2.05, 4.69) is 10.6 Å². The standard InChI is InChI=1S/C30H42FN4O8.Tb/c1-24-18-27(22-35(21-24)30(38)26(20-32)19-25-2-4-28(31)5-3-25)29(37)34-7-9-40-11-13-42-15-17-43-16-14-41-12-10-39-8-6-33-23-36;/h2-5,19,24,27H,6-18,21-22H2,1H3,(H,33,36)(H,34,37);/q-1;/b26-19+;. The van der Waals surface area contributed by atoms with E-state index in [-0.39, 0.29) is 62.6 Å². The predicted octanol–water partition coefficient (Wildman–Crippen LogP) is 1.07. The van der Waals surface area contributed by atoms with E-state index in [1.165, 1.54) is 35.2 Å². The number of likely N-dealkylation sites (tertiary alicyclic amines) is 1. The van der Waals surface area contributed by atoms with E-state index >= 15 is 0 Å². The summed E-state index contributed by atoms with van der Waals surface area (Å²) in [6.45, 7) is 7.52. The van der Waals surface area contributed by atoms with Crippen LogP contribution < -0.4 is 10.6 Å². The van der Waals surface area contributed by atoms with Crippen LogP contribution >= 0.6 is 0 Å². The number of piperidine rings is 1. The molecule has 3 amide bonds. The maximum Gasteiger partial charge on any atom is 0.264 e. The maximum absolute atomic E-state index is 13.2. The van der Waals surface area contributed by atoms with Crippen molar-refractivity contribution >= 4 is 24.3 Å². The van der Waals surface area contributed by atoms with Gasteiger partial charge in [0.05, 0.1) is 72.0 Å². The van der Waals surface area contributed by atoms with Gasteiger partial charge in [0, 0.05) is 64.8 Å². The third-order valence-electron chi connectivity index (χ3n) is 6.33. The van der Waals surface area contributed by atoms with Crippen LogP contribution in [0.2, 0.25) is 0 Å². The number of hydrogen-bond donors (Lipinski definition) is 2. The number of nitrogens with zero attached hydrogens (tertiary/aromatic N) is 2. The van der Waals surface area contributed by atoms with Crippen molar-refractivity contribution in [2.75, 3.05) is 92.2 Å². The zero-order valence-corrected chi connectivity index (χ0v) is 27.2. The van der Waals surface area contributed by atoms with Crippen molar-refractivity contribution in [1.82, 2.24) is 15.5 Å². The van der Waals surface area contributed by atoms with Gasteiger partial charge in [-0.25, -0.2) is 4.39 Å². The Morgan fingerprint density at radius 3 is 1.98 bits per heavy atom. The van der Waals surface area contributed by atoms with Crippen molar-refractivity contribution in [2.45, 2.75) is 13.3 Å². The molecular weight excluding hydrogens is 722 g/mol. The molecule has 1 aliphatic rings. The first-order valence-electron chi connectivity index (χ1n) is 14.4. The van der Waals surface area contributed by atoms with Crippen molar-refractivity contribution in [3.05, 3.63) is 41.2 Å². The molecule has 2 unspecified atom stereocenters. The van der Waals surface area contributed by atoms with Crippen LogP contribution in [0.3, 0.4) is 0 Å². The summed E-state index contributed by atoms with van der Waals surface area (Å²) in [4.78, 5) is 37.3. The molecule has 2 N–H and O–H groups in total. The zero-order valence-electron chi connectivity index (χ0n) is 25.0. The smallest absolute Gasteiger partial charge is 0.264 e. The summed E-state index contributed by atoms with van der Waals surface area (Å²) in [6.07, 6.45) is 3.63. The molecule has 2 rings (SSSR count). The molecule has 1 aromatic rings. The molecule has 12 nitrogen and oxygen atoms in total. The fraction of sp³-hybridized carbons (Fsp3) is 0.600. The quantitative estimate of drug-likeness (QED) is 0.0582. The zero-order chi connectivity index (χ0) is 31.1. The van der Waals surface area contributed by atoms with Gasteiger partial charge >= 0.3 is 0 Å². The molecule has 0 bridgehead atoms. The van der Waals surface area contributed by atoms with Gasteiger partial charge in [-0.3, -0.25) is 9.59 Å². The second kappa shape index (κ2) is 25.1. The van der Waals surface area contributed by atoms with Crippen LogP contribution in [0.15, 0.2) is 29.8 Å². The van der Waals surface area contributed by atoms with E-state index in [1.54, 1.807) is 6.41 Å². The van der Waals surface area contributed by atoms with Crippen molar-refractivity contribution < 1.29 is 81.1 Å². The molecule has 1 heterocycles. The molecule has 14 heteroatoms. The van der Waals surface area contributed by atoms with Gasteiger partial charge in [-0.05, 0) is 36.1 Å². The molecule has 0 spiro atoms. The summed E-state index contributed by atoms with van der Waals surface area (Å²) in [5.74, 6) is -1.31. The topological polar surface area (TPSA) is 148 Å². The summed E-state index contributed by atoms with van der Waals surface area (Å²) in [5, 5.41) is 14.8. The summed E-state index contributed by atoms with van der Waals surface area (Å²) in [6, 6.07) is 7.46. The molecule has 1 fully saturated rings. The first kappa shape index (κ1) is 39.9. The van der Waals surface area contributed by atoms with Crippen LogP contribution in [-0.2, 0) is 38.1 Å². The average molecular weight is 765 g/mol. The number of nitrogens with one attached hydrogen (secondary N) is 2. The molecule has 0 saturated carbocycles. The summed E-state index contributed by atoms with van der Waals surface area (Å²) in [7, 11) is 0. The number of amides is 3. The summed E-state index contributed by atoms with van der Waals surface area (Å²) in [5.41, 5.74) is 0.487. The predicted molar refractivity (Wildman–Crippen MR) is 155 cm³/mol. The Balaban J connectivity index is 0.00000968. The van der Waals surface area contributed by atoms with Gasteiger partial charge in [0.15, 0.2) is 0 Å². The van der Waals surface area contributed by atoms with Crippen molar-refractivity contribution in [1.29, 1.82) is 5.26 Å². The molecule has 1 aromatic carbocycles.